The molecule has 0 aliphatic heterocycles. The summed E-state index contributed by atoms with van der Waals surface area (Å²) in [5, 5.41) is 9.19. The minimum atomic E-state index is -1.23. The highest BCUT2D eigenvalue weighted by Gasteiger charge is 2.29. The Bertz CT molecular complexity index is 332. The second kappa shape index (κ2) is 3.18. The number of nitrogens with one attached hydrogen (secondary N) is 2. The summed E-state index contributed by atoms with van der Waals surface area (Å²) >= 11 is 0. The molecule has 0 heterocycles. The number of hydrogen-bond donors (Lipinski definition) is 3. The van der Waals surface area contributed by atoms with Crippen LogP contribution in [0.2, 0.25) is 0 Å². The number of ketones is 2. The first-order valence-corrected chi connectivity index (χ1v) is 3.43. The van der Waals surface area contributed by atoms with Crippen LogP contribution < -0.4 is 11.1 Å². The van der Waals surface area contributed by atoms with Gasteiger partial charge < -0.3 is 11.1 Å². The van der Waals surface area contributed by atoms with E-state index in [2.05, 4.69) is 0 Å². The highest BCUT2D eigenvalue weighted by atomic mass is 16.2. The third-order valence-corrected chi connectivity index (χ3v) is 1.52. The Morgan fingerprint density at radius 2 is 2.08 bits per heavy atom. The van der Waals surface area contributed by atoms with Gasteiger partial charge in [-0.2, -0.15) is 0 Å². The number of hydrogen-bond acceptors (Lipinski definition) is 4. The van der Waals surface area contributed by atoms with Gasteiger partial charge in [0.25, 0.3) is 0 Å². The largest absolute Gasteiger partial charge is 0.352 e. The maximum atomic E-state index is 11.0. The second-order valence-electron chi connectivity index (χ2n) is 2.46. The molecule has 6 nitrogen and oxygen atoms in total. The van der Waals surface area contributed by atoms with Gasteiger partial charge >= 0.3 is 6.03 Å². The smallest absolute Gasteiger partial charge is 0.313 e. The topological polar surface area (TPSA) is 113 Å². The van der Waals surface area contributed by atoms with Gasteiger partial charge in [-0.15, -0.1) is 0 Å². The molecule has 4 N–H and O–H groups in total. The van der Waals surface area contributed by atoms with Crippen LogP contribution in [0.15, 0.2) is 12.2 Å². The number of amides is 2. The lowest BCUT2D eigenvalue weighted by molar-refractivity contribution is -0.117. The van der Waals surface area contributed by atoms with E-state index in [0.29, 0.717) is 0 Å². The van der Waals surface area contributed by atoms with Crippen molar-refractivity contribution in [2.75, 3.05) is 0 Å². The number of nitrogens with two attached hydrogens (primary N) is 1. The van der Waals surface area contributed by atoms with Gasteiger partial charge in [-0.3, -0.25) is 15.0 Å². The Hall–Kier alpha value is -1.98. The van der Waals surface area contributed by atoms with Crippen LogP contribution in [0.3, 0.4) is 0 Å². The maximum Gasteiger partial charge on any atom is 0.313 e. The normalized spacial score (nSPS) is 21.8. The summed E-state index contributed by atoms with van der Waals surface area (Å²) in [5.41, 5.74) is 4.29. The highest BCUT2D eigenvalue weighted by Crippen LogP contribution is 2.00. The average Bonchev–Trinajstić information content (AvgIpc) is 2.05. The minimum absolute atomic E-state index is 0.466. The molecule has 68 valence electrons. The van der Waals surface area contributed by atoms with Crippen LogP contribution in [0.5, 0.6) is 0 Å². The van der Waals surface area contributed by atoms with Crippen molar-refractivity contribution < 1.29 is 14.4 Å². The van der Waals surface area contributed by atoms with E-state index in [-0.39, 0.29) is 0 Å². The summed E-state index contributed by atoms with van der Waals surface area (Å²) < 4.78 is 0. The average molecular weight is 181 g/mol. The fourth-order valence-corrected chi connectivity index (χ4v) is 0.914. The zero-order valence-electron chi connectivity index (χ0n) is 6.53. The highest BCUT2D eigenvalue weighted by molar-refractivity contribution is 6.51. The molecule has 1 atom stereocenters. The van der Waals surface area contributed by atoms with E-state index in [1.165, 1.54) is 0 Å². The summed E-state index contributed by atoms with van der Waals surface area (Å²) in [6.45, 7) is 0. The lowest BCUT2D eigenvalue weighted by Crippen LogP contribution is -2.51. The van der Waals surface area contributed by atoms with Crippen LogP contribution in [-0.2, 0) is 9.59 Å². The van der Waals surface area contributed by atoms with Crippen LogP contribution in [-0.4, -0.2) is 29.4 Å². The van der Waals surface area contributed by atoms with Crippen LogP contribution in [0.1, 0.15) is 0 Å². The van der Waals surface area contributed by atoms with Gasteiger partial charge in [-0.1, -0.05) is 0 Å². The predicted molar refractivity (Wildman–Crippen MR) is 43.4 cm³/mol. The third-order valence-electron chi connectivity index (χ3n) is 1.52. The standard InChI is InChI=1S/C7H7N3O3/c8-5-3(11)1-2-4(12)6(5)10-7(9)13/h1-2,6,8H,(H3,9,10,13). The number of primary amides is 1. The molecule has 0 aromatic carbocycles. The molecular formula is C7H7N3O3. The first kappa shape index (κ1) is 9.11. The van der Waals surface area contributed by atoms with E-state index in [0.717, 1.165) is 12.2 Å². The van der Waals surface area contributed by atoms with Crippen molar-refractivity contribution in [2.24, 2.45) is 5.73 Å². The SMILES string of the molecule is N=C1C(=O)C=CC(=O)C1NC(N)=O. The van der Waals surface area contributed by atoms with Gasteiger partial charge in [0, 0.05) is 0 Å². The summed E-state index contributed by atoms with van der Waals surface area (Å²) in [6.07, 6.45) is 2.00. The number of allylic oxidation sites excluding steroid dienone is 1. The Labute approximate surface area is 73.3 Å². The number of urea groups is 1. The monoisotopic (exact) mass is 181 g/mol. The Morgan fingerprint density at radius 3 is 2.62 bits per heavy atom. The lowest BCUT2D eigenvalue weighted by Gasteiger charge is -2.16. The van der Waals surface area contributed by atoms with Gasteiger partial charge in [0.1, 0.15) is 11.8 Å². The molecule has 0 aromatic rings. The van der Waals surface area contributed by atoms with Gasteiger partial charge in [-0.05, 0) is 12.2 Å². The summed E-state index contributed by atoms with van der Waals surface area (Å²) in [5.74, 6) is -1.12. The molecule has 0 spiro atoms. The Morgan fingerprint density at radius 1 is 1.46 bits per heavy atom. The zero-order chi connectivity index (χ0) is 10.0. The second-order valence-corrected chi connectivity index (χ2v) is 2.46. The van der Waals surface area contributed by atoms with Crippen molar-refractivity contribution in [3.05, 3.63) is 12.2 Å². The molecule has 0 aromatic heterocycles. The van der Waals surface area contributed by atoms with Crippen LogP contribution >= 0.6 is 0 Å². The molecule has 1 unspecified atom stereocenters. The summed E-state index contributed by atoms with van der Waals surface area (Å²) in [6, 6.07) is -2.17. The Kier molecular flexibility index (Phi) is 2.23. The molecule has 0 bridgehead atoms. The number of carbonyl (C=O) groups is 3. The zero-order valence-corrected chi connectivity index (χ0v) is 6.53. The van der Waals surface area contributed by atoms with Crippen molar-refractivity contribution in [3.8, 4) is 0 Å². The number of rotatable bonds is 1. The molecule has 1 rings (SSSR count). The van der Waals surface area contributed by atoms with E-state index < -0.39 is 29.4 Å². The molecule has 2 amide bonds. The minimum Gasteiger partial charge on any atom is -0.352 e. The first-order chi connectivity index (χ1) is 6.02. The maximum absolute atomic E-state index is 11.0. The molecular weight excluding hydrogens is 174 g/mol. The number of carbonyl (C=O) groups excluding carboxylic acids is 3. The van der Waals surface area contributed by atoms with Crippen LogP contribution in [0.25, 0.3) is 0 Å². The molecule has 13 heavy (non-hydrogen) atoms. The molecule has 0 fully saturated rings. The van der Waals surface area contributed by atoms with Crippen LogP contribution in [0.4, 0.5) is 4.79 Å². The van der Waals surface area contributed by atoms with E-state index in [1.807, 2.05) is 5.32 Å². The van der Waals surface area contributed by atoms with Crippen LogP contribution in [0, 0.1) is 5.41 Å². The van der Waals surface area contributed by atoms with Gasteiger partial charge in [0.05, 0.1) is 0 Å². The fourth-order valence-electron chi connectivity index (χ4n) is 0.914. The quantitative estimate of drug-likeness (QED) is 0.469. The third kappa shape index (κ3) is 1.78. The molecule has 0 saturated carbocycles. The van der Waals surface area contributed by atoms with E-state index in [1.54, 1.807) is 0 Å². The first-order valence-electron chi connectivity index (χ1n) is 3.43. The van der Waals surface area contributed by atoms with Crippen molar-refractivity contribution in [3.63, 3.8) is 0 Å². The molecule has 6 heteroatoms. The van der Waals surface area contributed by atoms with Gasteiger partial charge in [0.15, 0.2) is 5.78 Å². The predicted octanol–water partition coefficient (Wildman–Crippen LogP) is -1.25. The fraction of sp³-hybridized carbons (Fsp3) is 0.143. The molecule has 0 saturated heterocycles. The summed E-state index contributed by atoms with van der Waals surface area (Å²) in [7, 11) is 0. The van der Waals surface area contributed by atoms with E-state index >= 15 is 0 Å². The molecule has 1 aliphatic carbocycles. The van der Waals surface area contributed by atoms with Crippen molar-refractivity contribution in [1.29, 1.82) is 5.41 Å². The van der Waals surface area contributed by atoms with E-state index in [4.69, 9.17) is 11.1 Å². The van der Waals surface area contributed by atoms with Gasteiger partial charge in [-0.25, -0.2) is 4.79 Å². The molecule has 0 radical (unpaired) electrons. The van der Waals surface area contributed by atoms with Crippen molar-refractivity contribution in [1.82, 2.24) is 5.32 Å². The summed E-state index contributed by atoms with van der Waals surface area (Å²) in [4.78, 5) is 32.3. The van der Waals surface area contributed by atoms with E-state index in [9.17, 15) is 14.4 Å². The lowest BCUT2D eigenvalue weighted by atomic mass is 9.97. The van der Waals surface area contributed by atoms with Crippen molar-refractivity contribution >= 4 is 23.3 Å². The van der Waals surface area contributed by atoms with Gasteiger partial charge in [0.2, 0.25) is 5.78 Å². The Balaban J connectivity index is 2.89. The van der Waals surface area contributed by atoms with Crippen molar-refractivity contribution in [2.45, 2.75) is 6.04 Å². The molecule has 1 aliphatic rings.